The van der Waals surface area contributed by atoms with Crippen molar-refractivity contribution in [3.05, 3.63) is 29.6 Å². The number of thiazole rings is 1. The minimum absolute atomic E-state index is 0.965. The van der Waals surface area contributed by atoms with Gasteiger partial charge in [0.1, 0.15) is 0 Å². The van der Waals surface area contributed by atoms with E-state index >= 15 is 0 Å². The second kappa shape index (κ2) is 9.18. The van der Waals surface area contributed by atoms with Crippen molar-refractivity contribution in [2.24, 2.45) is 0 Å². The van der Waals surface area contributed by atoms with Crippen LogP contribution in [0, 0.1) is 0 Å². The first-order valence-electron chi connectivity index (χ1n) is 8.02. The van der Waals surface area contributed by atoms with Crippen molar-refractivity contribution in [2.75, 3.05) is 25.5 Å². The van der Waals surface area contributed by atoms with Gasteiger partial charge in [-0.3, -0.25) is 0 Å². The van der Waals surface area contributed by atoms with Crippen molar-refractivity contribution in [1.29, 1.82) is 0 Å². The number of hydrogen-bond acceptors (Lipinski definition) is 5. The third-order valence-electron chi connectivity index (χ3n) is 3.42. The van der Waals surface area contributed by atoms with Crippen molar-refractivity contribution < 1.29 is 0 Å². The summed E-state index contributed by atoms with van der Waals surface area (Å²) in [5, 5.41) is 6.14. The van der Waals surface area contributed by atoms with Gasteiger partial charge in [-0.25, -0.2) is 9.29 Å². The number of aromatic nitrogens is 1. The fraction of sp³-hybridized carbons (Fsp3) is 0.471. The molecule has 1 N–H and O–H groups in total. The molecule has 0 amide bonds. The molecular weight excluding hydrogens is 310 g/mol. The van der Waals surface area contributed by atoms with Gasteiger partial charge in [0.25, 0.3) is 0 Å². The van der Waals surface area contributed by atoms with Crippen LogP contribution in [0.25, 0.3) is 11.3 Å². The van der Waals surface area contributed by atoms with Crippen LogP contribution >= 0.6 is 23.3 Å². The fourth-order valence-electron chi connectivity index (χ4n) is 2.31. The molecule has 1 aromatic carbocycles. The minimum Gasteiger partial charge on any atom is -0.365 e. The summed E-state index contributed by atoms with van der Waals surface area (Å²) in [5.41, 5.74) is 2.24. The Hall–Kier alpha value is -1.04. The smallest absolute Gasteiger partial charge is 0.182 e. The van der Waals surface area contributed by atoms with Gasteiger partial charge in [0.15, 0.2) is 5.13 Å². The van der Waals surface area contributed by atoms with E-state index in [-0.39, 0.29) is 0 Å². The predicted molar refractivity (Wildman–Crippen MR) is 99.7 cm³/mol. The highest BCUT2D eigenvalue weighted by atomic mass is 32.2. The maximum Gasteiger partial charge on any atom is 0.182 e. The van der Waals surface area contributed by atoms with Crippen LogP contribution in [-0.4, -0.2) is 29.4 Å². The molecule has 1 aliphatic heterocycles. The van der Waals surface area contributed by atoms with Crippen molar-refractivity contribution in [3.8, 4) is 11.3 Å². The Labute approximate surface area is 142 Å². The molecule has 22 heavy (non-hydrogen) atoms. The highest BCUT2D eigenvalue weighted by Gasteiger charge is 2.11. The van der Waals surface area contributed by atoms with Crippen molar-refractivity contribution in [1.82, 2.24) is 9.29 Å². The zero-order valence-corrected chi connectivity index (χ0v) is 15.3. The summed E-state index contributed by atoms with van der Waals surface area (Å²) in [6.45, 7) is 6.42. The van der Waals surface area contributed by atoms with Gasteiger partial charge in [-0.2, -0.15) is 0 Å². The Kier molecular flexibility index (Phi) is 7.22. The van der Waals surface area contributed by atoms with Crippen molar-refractivity contribution in [2.45, 2.75) is 38.0 Å². The quantitative estimate of drug-likeness (QED) is 0.760. The molecule has 1 aromatic heterocycles. The molecular formula is C17H25N3S2. The highest BCUT2D eigenvalue weighted by molar-refractivity contribution is 7.97. The van der Waals surface area contributed by atoms with Gasteiger partial charge < -0.3 is 5.32 Å². The molecule has 0 spiro atoms. The summed E-state index contributed by atoms with van der Waals surface area (Å²) in [6.07, 6.45) is 4.04. The monoisotopic (exact) mass is 335 g/mol. The van der Waals surface area contributed by atoms with E-state index in [9.17, 15) is 0 Å². The predicted octanol–water partition coefficient (Wildman–Crippen LogP) is 5.37. The molecule has 3 rings (SSSR count). The van der Waals surface area contributed by atoms with Crippen LogP contribution in [0.5, 0.6) is 0 Å². The molecule has 1 fully saturated rings. The molecule has 0 unspecified atom stereocenters. The van der Waals surface area contributed by atoms with Gasteiger partial charge >= 0.3 is 0 Å². The number of nitrogens with zero attached hydrogens (tertiary/aromatic N) is 2. The van der Waals surface area contributed by atoms with E-state index in [2.05, 4.69) is 44.3 Å². The van der Waals surface area contributed by atoms with E-state index in [4.69, 9.17) is 0 Å². The largest absolute Gasteiger partial charge is 0.365 e. The number of anilines is 1. The number of benzene rings is 1. The summed E-state index contributed by atoms with van der Waals surface area (Å²) >= 11 is 3.52. The zero-order valence-electron chi connectivity index (χ0n) is 13.6. The number of rotatable bonds is 4. The molecule has 0 atom stereocenters. The van der Waals surface area contributed by atoms with E-state index in [1.165, 1.54) is 42.8 Å². The summed E-state index contributed by atoms with van der Waals surface area (Å²) in [6, 6.07) is 8.74. The Morgan fingerprint density at radius 1 is 1.09 bits per heavy atom. The van der Waals surface area contributed by atoms with Gasteiger partial charge in [0, 0.05) is 36.0 Å². The van der Waals surface area contributed by atoms with Crippen LogP contribution in [-0.2, 0) is 0 Å². The van der Waals surface area contributed by atoms with Crippen LogP contribution in [0.4, 0.5) is 5.13 Å². The molecule has 3 nitrogen and oxygen atoms in total. The topological polar surface area (TPSA) is 28.2 Å². The van der Waals surface area contributed by atoms with Crippen LogP contribution in [0.15, 0.2) is 34.5 Å². The van der Waals surface area contributed by atoms with Crippen LogP contribution in [0.2, 0.25) is 0 Å². The molecule has 0 bridgehead atoms. The highest BCUT2D eigenvalue weighted by Crippen LogP contribution is 2.29. The molecule has 2 aromatic rings. The molecule has 0 saturated carbocycles. The van der Waals surface area contributed by atoms with E-state index in [0.29, 0.717) is 0 Å². The van der Waals surface area contributed by atoms with Gasteiger partial charge in [-0.1, -0.05) is 32.4 Å². The van der Waals surface area contributed by atoms with E-state index in [1.54, 1.807) is 11.3 Å². The van der Waals surface area contributed by atoms with E-state index in [1.807, 2.05) is 32.8 Å². The molecule has 0 aliphatic carbocycles. The fourth-order valence-corrected chi connectivity index (χ4v) is 3.99. The first-order chi connectivity index (χ1) is 10.8. The Morgan fingerprint density at radius 2 is 1.77 bits per heavy atom. The Morgan fingerprint density at radius 3 is 2.36 bits per heavy atom. The molecule has 2 heterocycles. The average molecular weight is 336 g/mol. The Balaban J connectivity index is 0.000000847. The second-order valence-electron chi connectivity index (χ2n) is 4.89. The number of piperidine rings is 1. The SMILES string of the molecule is CC.CNc1nc(-c2ccc(SN3CCCCC3)cc2)cs1. The number of hydrogen-bond donors (Lipinski definition) is 1. The normalized spacial score (nSPS) is 15.0. The summed E-state index contributed by atoms with van der Waals surface area (Å²) < 4.78 is 2.47. The lowest BCUT2D eigenvalue weighted by molar-refractivity contribution is 0.380. The van der Waals surface area contributed by atoms with Gasteiger partial charge in [-0.15, -0.1) is 11.3 Å². The zero-order chi connectivity index (χ0) is 15.8. The molecule has 120 valence electrons. The Bertz CT molecular complexity index is 545. The summed E-state index contributed by atoms with van der Waals surface area (Å²) in [4.78, 5) is 5.85. The third kappa shape index (κ3) is 4.73. The van der Waals surface area contributed by atoms with Gasteiger partial charge in [0.05, 0.1) is 5.69 Å². The first kappa shape index (κ1) is 17.3. The maximum absolute atomic E-state index is 4.53. The molecule has 1 saturated heterocycles. The lowest BCUT2D eigenvalue weighted by Crippen LogP contribution is -2.22. The second-order valence-corrected chi connectivity index (χ2v) is 6.92. The van der Waals surface area contributed by atoms with Crippen molar-refractivity contribution in [3.63, 3.8) is 0 Å². The molecule has 5 heteroatoms. The summed E-state index contributed by atoms with van der Waals surface area (Å²) in [5.74, 6) is 0. The molecule has 1 aliphatic rings. The first-order valence-corrected chi connectivity index (χ1v) is 9.67. The van der Waals surface area contributed by atoms with E-state index in [0.717, 1.165) is 10.8 Å². The van der Waals surface area contributed by atoms with Gasteiger partial charge in [0.2, 0.25) is 0 Å². The van der Waals surface area contributed by atoms with Crippen LogP contribution in [0.3, 0.4) is 0 Å². The average Bonchev–Trinajstić information content (AvgIpc) is 3.07. The lowest BCUT2D eigenvalue weighted by atomic mass is 10.2. The van der Waals surface area contributed by atoms with Crippen LogP contribution in [0.1, 0.15) is 33.1 Å². The van der Waals surface area contributed by atoms with Crippen molar-refractivity contribution >= 4 is 28.4 Å². The third-order valence-corrected chi connectivity index (χ3v) is 5.38. The van der Waals surface area contributed by atoms with Crippen LogP contribution < -0.4 is 5.32 Å². The van der Waals surface area contributed by atoms with Gasteiger partial charge in [-0.05, 0) is 36.9 Å². The van der Waals surface area contributed by atoms with E-state index < -0.39 is 0 Å². The lowest BCUT2D eigenvalue weighted by Gasteiger charge is -2.25. The standard InChI is InChI=1S/C15H19N3S2.C2H6/c1-16-15-17-14(11-19-15)12-5-7-13(8-6-12)20-18-9-3-2-4-10-18;1-2/h5-8,11H,2-4,9-10H2,1H3,(H,16,17);1-2H3. The minimum atomic E-state index is 0.965. The summed E-state index contributed by atoms with van der Waals surface area (Å²) in [7, 11) is 1.90. The molecule has 0 radical (unpaired) electrons. The number of nitrogens with one attached hydrogen (secondary N) is 1. The maximum atomic E-state index is 4.53.